The van der Waals surface area contributed by atoms with Crippen molar-refractivity contribution in [2.24, 2.45) is 0 Å². The van der Waals surface area contributed by atoms with Crippen molar-refractivity contribution >= 4 is 11.0 Å². The molecule has 0 spiro atoms. The number of hydrogen-bond acceptors (Lipinski definition) is 3. The number of aromatic amines is 1. The predicted molar refractivity (Wildman–Crippen MR) is 98.1 cm³/mol. The molecule has 0 aliphatic carbocycles. The third-order valence-corrected chi connectivity index (χ3v) is 4.76. The summed E-state index contributed by atoms with van der Waals surface area (Å²) in [5.41, 5.74) is 5.04. The van der Waals surface area contributed by atoms with Gasteiger partial charge in [0.15, 0.2) is 0 Å². The van der Waals surface area contributed by atoms with Crippen LogP contribution in [0.25, 0.3) is 11.0 Å². The second-order valence-corrected chi connectivity index (χ2v) is 6.51. The highest BCUT2D eigenvalue weighted by molar-refractivity contribution is 5.78. The number of fused-ring (bicyclic) bond motifs is 1. The van der Waals surface area contributed by atoms with E-state index >= 15 is 0 Å². The molecule has 0 bridgehead atoms. The molecule has 0 atom stereocenters. The van der Waals surface area contributed by atoms with Gasteiger partial charge in [0, 0.05) is 26.2 Å². The zero-order valence-corrected chi connectivity index (χ0v) is 14.0. The summed E-state index contributed by atoms with van der Waals surface area (Å²) in [7, 11) is 0. The summed E-state index contributed by atoms with van der Waals surface area (Å²) in [5, 5.41) is 3.40. The molecule has 1 aromatic heterocycles. The van der Waals surface area contributed by atoms with Crippen LogP contribution < -0.4 is 5.32 Å². The molecule has 2 aromatic carbocycles. The predicted octanol–water partition coefficient (Wildman–Crippen LogP) is 2.75. The number of para-hydroxylation sites is 1. The van der Waals surface area contributed by atoms with E-state index in [-0.39, 0.29) is 0 Å². The van der Waals surface area contributed by atoms with Crippen molar-refractivity contribution in [2.45, 2.75) is 19.4 Å². The van der Waals surface area contributed by atoms with E-state index in [9.17, 15) is 0 Å². The summed E-state index contributed by atoms with van der Waals surface area (Å²) in [4.78, 5) is 10.8. The molecular weight excluding hydrogens is 296 g/mol. The van der Waals surface area contributed by atoms with Gasteiger partial charge in [-0.05, 0) is 30.0 Å². The fraction of sp³-hybridized carbons (Fsp3) is 0.350. The number of piperazine rings is 1. The quantitative estimate of drug-likeness (QED) is 0.760. The topological polar surface area (TPSA) is 44.0 Å². The van der Waals surface area contributed by atoms with Gasteiger partial charge in [0.25, 0.3) is 0 Å². The van der Waals surface area contributed by atoms with Gasteiger partial charge in [-0.15, -0.1) is 0 Å². The minimum absolute atomic E-state index is 0.911. The molecule has 1 aliphatic heterocycles. The van der Waals surface area contributed by atoms with Crippen molar-refractivity contribution in [3.63, 3.8) is 0 Å². The largest absolute Gasteiger partial charge is 0.341 e. The van der Waals surface area contributed by atoms with Crippen molar-refractivity contribution in [3.8, 4) is 0 Å². The van der Waals surface area contributed by atoms with Crippen LogP contribution in [0.1, 0.15) is 17.0 Å². The van der Waals surface area contributed by atoms with Crippen LogP contribution in [0.3, 0.4) is 0 Å². The van der Waals surface area contributed by atoms with E-state index in [0.717, 1.165) is 56.9 Å². The van der Waals surface area contributed by atoms with Crippen LogP contribution in [0.15, 0.2) is 48.5 Å². The Kier molecular flexibility index (Phi) is 4.58. The molecule has 3 aromatic rings. The number of aryl methyl sites for hydroxylation is 2. The summed E-state index contributed by atoms with van der Waals surface area (Å²) in [6.07, 6.45) is 2.10. The van der Waals surface area contributed by atoms with Gasteiger partial charge < -0.3 is 10.3 Å². The van der Waals surface area contributed by atoms with Crippen molar-refractivity contribution < 1.29 is 0 Å². The molecule has 0 saturated carbocycles. The highest BCUT2D eigenvalue weighted by Gasteiger charge is 2.13. The molecule has 1 aliphatic rings. The highest BCUT2D eigenvalue weighted by atomic mass is 15.2. The van der Waals surface area contributed by atoms with Crippen molar-refractivity contribution in [3.05, 3.63) is 65.5 Å². The van der Waals surface area contributed by atoms with E-state index in [4.69, 9.17) is 4.98 Å². The third-order valence-electron chi connectivity index (χ3n) is 4.76. The summed E-state index contributed by atoms with van der Waals surface area (Å²) in [5.74, 6) is 1.08. The van der Waals surface area contributed by atoms with Gasteiger partial charge in [-0.2, -0.15) is 0 Å². The first kappa shape index (κ1) is 15.4. The molecule has 2 heterocycles. The molecule has 4 heteroatoms. The van der Waals surface area contributed by atoms with Crippen molar-refractivity contribution in [1.82, 2.24) is 20.2 Å². The molecule has 24 heavy (non-hydrogen) atoms. The van der Waals surface area contributed by atoms with Crippen LogP contribution in [0.4, 0.5) is 0 Å². The minimum atomic E-state index is 0.911. The molecule has 0 amide bonds. The Hall–Kier alpha value is -2.17. The number of benzene rings is 2. The van der Waals surface area contributed by atoms with Gasteiger partial charge in [-0.25, -0.2) is 4.98 Å². The van der Waals surface area contributed by atoms with E-state index in [0.29, 0.717) is 0 Å². The number of rotatable bonds is 5. The average molecular weight is 320 g/mol. The number of nitrogens with one attached hydrogen (secondary N) is 2. The first-order valence-electron chi connectivity index (χ1n) is 8.82. The van der Waals surface area contributed by atoms with Crippen LogP contribution in [-0.2, 0) is 19.4 Å². The third kappa shape index (κ3) is 3.50. The number of nitrogens with zero attached hydrogens (tertiary/aromatic N) is 2. The summed E-state index contributed by atoms with van der Waals surface area (Å²) >= 11 is 0. The van der Waals surface area contributed by atoms with Crippen LogP contribution in [0, 0.1) is 0 Å². The maximum Gasteiger partial charge on any atom is 0.121 e. The standard InChI is InChI=1S/C20H24N4/c1-2-5-16(6-3-1)9-10-17-7-4-8-18-20(17)23-19(22-18)15-24-13-11-21-12-14-24/h1-8,21H,9-15H2,(H,22,23). The van der Waals surface area contributed by atoms with E-state index in [1.54, 1.807) is 0 Å². The molecule has 0 radical (unpaired) electrons. The lowest BCUT2D eigenvalue weighted by Gasteiger charge is -2.26. The van der Waals surface area contributed by atoms with Gasteiger partial charge >= 0.3 is 0 Å². The Morgan fingerprint density at radius 2 is 1.75 bits per heavy atom. The molecular formula is C20H24N4. The van der Waals surface area contributed by atoms with Crippen LogP contribution in [-0.4, -0.2) is 41.0 Å². The Balaban J connectivity index is 1.51. The minimum Gasteiger partial charge on any atom is -0.341 e. The summed E-state index contributed by atoms with van der Waals surface area (Å²) in [6.45, 7) is 5.25. The molecule has 2 N–H and O–H groups in total. The Labute approximate surface area is 142 Å². The second kappa shape index (κ2) is 7.16. The molecule has 0 unspecified atom stereocenters. The Bertz CT molecular complexity index is 788. The molecule has 1 saturated heterocycles. The van der Waals surface area contributed by atoms with Gasteiger partial charge in [0.1, 0.15) is 5.82 Å². The Morgan fingerprint density at radius 1 is 0.917 bits per heavy atom. The zero-order chi connectivity index (χ0) is 16.2. The Morgan fingerprint density at radius 3 is 2.58 bits per heavy atom. The maximum atomic E-state index is 4.80. The second-order valence-electron chi connectivity index (χ2n) is 6.51. The van der Waals surface area contributed by atoms with Crippen molar-refractivity contribution in [1.29, 1.82) is 0 Å². The van der Waals surface area contributed by atoms with Gasteiger partial charge in [-0.1, -0.05) is 42.5 Å². The number of imidazole rings is 1. The van der Waals surface area contributed by atoms with Gasteiger partial charge in [0.2, 0.25) is 0 Å². The first-order chi connectivity index (χ1) is 11.9. The fourth-order valence-electron chi connectivity index (χ4n) is 3.43. The lowest BCUT2D eigenvalue weighted by Crippen LogP contribution is -2.43. The first-order valence-corrected chi connectivity index (χ1v) is 8.82. The van der Waals surface area contributed by atoms with Crippen LogP contribution in [0.5, 0.6) is 0 Å². The number of hydrogen-bond donors (Lipinski definition) is 2. The lowest BCUT2D eigenvalue weighted by atomic mass is 10.0. The van der Waals surface area contributed by atoms with E-state index in [2.05, 4.69) is 63.7 Å². The maximum absolute atomic E-state index is 4.80. The highest BCUT2D eigenvalue weighted by Crippen LogP contribution is 2.19. The van der Waals surface area contributed by atoms with E-state index < -0.39 is 0 Å². The van der Waals surface area contributed by atoms with Gasteiger partial charge in [0.05, 0.1) is 17.6 Å². The monoisotopic (exact) mass is 320 g/mol. The summed E-state index contributed by atoms with van der Waals surface area (Å²) in [6, 6.07) is 17.1. The average Bonchev–Trinajstić information content (AvgIpc) is 3.04. The molecule has 4 nitrogen and oxygen atoms in total. The van der Waals surface area contributed by atoms with Gasteiger partial charge in [-0.3, -0.25) is 4.90 Å². The van der Waals surface area contributed by atoms with E-state index in [1.165, 1.54) is 16.6 Å². The van der Waals surface area contributed by atoms with Crippen LogP contribution in [0.2, 0.25) is 0 Å². The summed E-state index contributed by atoms with van der Waals surface area (Å²) < 4.78 is 0. The SMILES string of the molecule is c1ccc(CCc2cccc3nc(CN4CCNCC4)[nH]c23)cc1. The van der Waals surface area contributed by atoms with E-state index in [1.807, 2.05) is 0 Å². The fourth-order valence-corrected chi connectivity index (χ4v) is 3.43. The van der Waals surface area contributed by atoms with Crippen molar-refractivity contribution in [2.75, 3.05) is 26.2 Å². The smallest absolute Gasteiger partial charge is 0.121 e. The van der Waals surface area contributed by atoms with Crippen LogP contribution >= 0.6 is 0 Å². The number of H-pyrrole nitrogens is 1. The molecule has 124 valence electrons. The number of aromatic nitrogens is 2. The zero-order valence-electron chi connectivity index (χ0n) is 14.0. The normalized spacial score (nSPS) is 15.8. The lowest BCUT2D eigenvalue weighted by molar-refractivity contribution is 0.229. The molecule has 1 fully saturated rings. The molecule has 4 rings (SSSR count).